The summed E-state index contributed by atoms with van der Waals surface area (Å²) in [7, 11) is 0. The zero-order valence-electron chi connectivity index (χ0n) is 15.6. The van der Waals surface area contributed by atoms with Gasteiger partial charge in [-0.2, -0.15) is 0 Å². The second kappa shape index (κ2) is 8.56. The fourth-order valence-electron chi connectivity index (χ4n) is 3.36. The molecule has 5 heteroatoms. The smallest absolute Gasteiger partial charge is 0.242 e. The minimum absolute atomic E-state index is 0.0564. The quantitative estimate of drug-likeness (QED) is 0.761. The van der Waals surface area contributed by atoms with Gasteiger partial charge in [0.05, 0.1) is 0 Å². The van der Waals surface area contributed by atoms with Gasteiger partial charge in [0, 0.05) is 50.6 Å². The fraction of sp³-hybridized carbons (Fsp3) is 0.650. The molecule has 0 radical (unpaired) electrons. The number of nitrogens with zero attached hydrogens (tertiary/aromatic N) is 2. The van der Waals surface area contributed by atoms with Crippen LogP contribution < -0.4 is 15.5 Å². The van der Waals surface area contributed by atoms with Crippen LogP contribution in [0.5, 0.6) is 0 Å². The normalized spacial score (nSPS) is 19.5. The molecule has 5 nitrogen and oxygen atoms in total. The van der Waals surface area contributed by atoms with Crippen LogP contribution in [0.25, 0.3) is 0 Å². The van der Waals surface area contributed by atoms with Crippen molar-refractivity contribution < 1.29 is 4.79 Å². The van der Waals surface area contributed by atoms with Gasteiger partial charge in [-0.05, 0) is 50.3 Å². The van der Waals surface area contributed by atoms with Crippen LogP contribution in [0, 0.1) is 5.92 Å². The van der Waals surface area contributed by atoms with Gasteiger partial charge < -0.3 is 15.5 Å². The number of anilines is 2. The summed E-state index contributed by atoms with van der Waals surface area (Å²) in [6, 6.07) is 8.22. The average Bonchev–Trinajstić information content (AvgIpc) is 3.44. The molecule has 1 aromatic carbocycles. The van der Waals surface area contributed by atoms with Crippen molar-refractivity contribution in [2.45, 2.75) is 39.2 Å². The number of piperazine rings is 1. The Bertz CT molecular complexity index is 565. The summed E-state index contributed by atoms with van der Waals surface area (Å²) in [4.78, 5) is 17.1. The Morgan fingerprint density at radius 2 is 2.00 bits per heavy atom. The zero-order chi connectivity index (χ0) is 17.6. The Balaban J connectivity index is 1.51. The fourth-order valence-corrected chi connectivity index (χ4v) is 3.36. The van der Waals surface area contributed by atoms with Crippen LogP contribution in [-0.2, 0) is 4.79 Å². The van der Waals surface area contributed by atoms with E-state index in [0.717, 1.165) is 50.7 Å². The van der Waals surface area contributed by atoms with Gasteiger partial charge >= 0.3 is 0 Å². The van der Waals surface area contributed by atoms with Gasteiger partial charge in [0.25, 0.3) is 0 Å². The summed E-state index contributed by atoms with van der Waals surface area (Å²) < 4.78 is 0. The minimum atomic E-state index is -0.225. The molecule has 138 valence electrons. The Kier molecular flexibility index (Phi) is 6.19. The van der Waals surface area contributed by atoms with Crippen molar-refractivity contribution in [3.8, 4) is 0 Å². The molecule has 0 aromatic heterocycles. The Hall–Kier alpha value is -1.75. The molecule has 3 rings (SSSR count). The van der Waals surface area contributed by atoms with E-state index in [2.05, 4.69) is 45.6 Å². The van der Waals surface area contributed by atoms with E-state index in [-0.39, 0.29) is 11.9 Å². The summed E-state index contributed by atoms with van der Waals surface area (Å²) >= 11 is 0. The van der Waals surface area contributed by atoms with Crippen molar-refractivity contribution in [1.29, 1.82) is 0 Å². The Morgan fingerprint density at radius 1 is 1.24 bits per heavy atom. The molecule has 0 spiro atoms. The van der Waals surface area contributed by atoms with Gasteiger partial charge in [0.1, 0.15) is 6.04 Å². The maximum absolute atomic E-state index is 12.0. The first-order valence-corrected chi connectivity index (χ1v) is 9.77. The summed E-state index contributed by atoms with van der Waals surface area (Å²) in [5.41, 5.74) is 2.26. The van der Waals surface area contributed by atoms with Crippen LogP contribution in [0.4, 0.5) is 11.4 Å². The van der Waals surface area contributed by atoms with Gasteiger partial charge in [-0.1, -0.05) is 13.0 Å². The monoisotopic (exact) mass is 344 g/mol. The number of hydrogen-bond donors (Lipinski definition) is 2. The highest BCUT2D eigenvalue weighted by Gasteiger charge is 2.26. The van der Waals surface area contributed by atoms with Crippen molar-refractivity contribution in [3.05, 3.63) is 24.3 Å². The molecule has 0 bridgehead atoms. The van der Waals surface area contributed by atoms with Crippen molar-refractivity contribution in [3.63, 3.8) is 0 Å². The lowest BCUT2D eigenvalue weighted by Gasteiger charge is -2.36. The highest BCUT2D eigenvalue weighted by Crippen LogP contribution is 2.30. The third-order valence-electron chi connectivity index (χ3n) is 5.12. The first kappa shape index (κ1) is 18.1. The average molecular weight is 345 g/mol. The van der Waals surface area contributed by atoms with Crippen molar-refractivity contribution in [2.75, 3.05) is 49.5 Å². The Morgan fingerprint density at radius 3 is 2.68 bits per heavy atom. The second-order valence-corrected chi connectivity index (χ2v) is 7.44. The maximum atomic E-state index is 12.0. The molecule has 1 saturated heterocycles. The van der Waals surface area contributed by atoms with E-state index in [1.807, 2.05) is 13.0 Å². The number of rotatable bonds is 8. The predicted octanol–water partition coefficient (Wildman–Crippen LogP) is 2.55. The maximum Gasteiger partial charge on any atom is 0.242 e. The second-order valence-electron chi connectivity index (χ2n) is 7.44. The standard InChI is InChI=1S/C20H32N4O/c1-3-9-21-20(25)16(2)22-18-5-4-6-19(14-18)24-12-10-23(11-13-24)15-17-7-8-17/h4-6,14,16-17,22H,3,7-13,15H2,1-2H3,(H,21,25)/t16-/m1/s1. The summed E-state index contributed by atoms with van der Waals surface area (Å²) in [5.74, 6) is 1.03. The molecule has 1 heterocycles. The van der Waals surface area contributed by atoms with E-state index in [4.69, 9.17) is 0 Å². The van der Waals surface area contributed by atoms with Crippen molar-refractivity contribution in [1.82, 2.24) is 10.2 Å². The van der Waals surface area contributed by atoms with Crippen LogP contribution in [-0.4, -0.2) is 56.1 Å². The number of carbonyl (C=O) groups is 1. The number of nitrogens with one attached hydrogen (secondary N) is 2. The molecule has 1 aromatic rings. The number of hydrogen-bond acceptors (Lipinski definition) is 4. The highest BCUT2D eigenvalue weighted by atomic mass is 16.2. The van der Waals surface area contributed by atoms with Gasteiger partial charge in [-0.25, -0.2) is 0 Å². The predicted molar refractivity (Wildman–Crippen MR) is 104 cm³/mol. The summed E-state index contributed by atoms with van der Waals surface area (Å²) in [6.07, 6.45) is 3.82. The minimum Gasteiger partial charge on any atom is -0.374 e. The first-order valence-electron chi connectivity index (χ1n) is 9.77. The molecule has 0 unspecified atom stereocenters. The third-order valence-corrected chi connectivity index (χ3v) is 5.12. The summed E-state index contributed by atoms with van der Waals surface area (Å²) in [5, 5.41) is 6.26. The van der Waals surface area contributed by atoms with Crippen molar-refractivity contribution in [2.24, 2.45) is 5.92 Å². The van der Waals surface area contributed by atoms with E-state index in [0.29, 0.717) is 0 Å². The van der Waals surface area contributed by atoms with Crippen LogP contribution in [0.1, 0.15) is 33.1 Å². The SMILES string of the molecule is CCCNC(=O)[C@@H](C)Nc1cccc(N2CCN(CC3CC3)CC2)c1. The molecular weight excluding hydrogens is 312 g/mol. The number of carbonyl (C=O) groups excluding carboxylic acids is 1. The van der Waals surface area contributed by atoms with E-state index in [1.54, 1.807) is 0 Å². The zero-order valence-corrected chi connectivity index (χ0v) is 15.6. The van der Waals surface area contributed by atoms with Crippen LogP contribution in [0.15, 0.2) is 24.3 Å². The molecule has 2 fully saturated rings. The topological polar surface area (TPSA) is 47.6 Å². The lowest BCUT2D eigenvalue weighted by atomic mass is 10.2. The lowest BCUT2D eigenvalue weighted by Crippen LogP contribution is -2.47. The summed E-state index contributed by atoms with van der Waals surface area (Å²) in [6.45, 7) is 10.5. The molecule has 1 aliphatic heterocycles. The first-order chi connectivity index (χ1) is 12.2. The molecule has 1 saturated carbocycles. The van der Waals surface area contributed by atoms with Gasteiger partial charge in [0.2, 0.25) is 5.91 Å². The van der Waals surface area contributed by atoms with Crippen molar-refractivity contribution >= 4 is 17.3 Å². The van der Waals surface area contributed by atoms with Crippen LogP contribution in [0.2, 0.25) is 0 Å². The van der Waals surface area contributed by atoms with E-state index in [9.17, 15) is 4.79 Å². The molecule has 25 heavy (non-hydrogen) atoms. The van der Waals surface area contributed by atoms with Crippen LogP contribution >= 0.6 is 0 Å². The number of amides is 1. The molecule has 2 N–H and O–H groups in total. The Labute approximate surface area is 151 Å². The largest absolute Gasteiger partial charge is 0.374 e. The van der Waals surface area contributed by atoms with Gasteiger partial charge in [-0.3, -0.25) is 9.69 Å². The molecule has 1 aliphatic carbocycles. The highest BCUT2D eigenvalue weighted by molar-refractivity contribution is 5.84. The van der Waals surface area contributed by atoms with E-state index < -0.39 is 0 Å². The van der Waals surface area contributed by atoms with Gasteiger partial charge in [0.15, 0.2) is 0 Å². The molecular formula is C20H32N4O. The third kappa shape index (κ3) is 5.36. The number of benzene rings is 1. The molecule has 1 atom stereocenters. The van der Waals surface area contributed by atoms with Crippen LogP contribution in [0.3, 0.4) is 0 Å². The van der Waals surface area contributed by atoms with E-state index >= 15 is 0 Å². The molecule has 1 amide bonds. The van der Waals surface area contributed by atoms with Gasteiger partial charge in [-0.15, -0.1) is 0 Å². The van der Waals surface area contributed by atoms with E-state index in [1.165, 1.54) is 25.1 Å². The lowest BCUT2D eigenvalue weighted by molar-refractivity contribution is -0.121. The molecule has 2 aliphatic rings.